The Morgan fingerprint density at radius 2 is 2.40 bits per heavy atom. The first-order chi connectivity index (χ1) is 7.24. The van der Waals surface area contributed by atoms with Crippen LogP contribution < -0.4 is 0 Å². The number of rotatable bonds is 7. The second-order valence-electron chi connectivity index (χ2n) is 3.36. The van der Waals surface area contributed by atoms with Gasteiger partial charge in [0, 0.05) is 12.4 Å². The van der Waals surface area contributed by atoms with E-state index in [2.05, 4.69) is 0 Å². The molecule has 0 saturated heterocycles. The van der Waals surface area contributed by atoms with Crippen molar-refractivity contribution in [3.63, 3.8) is 0 Å². The van der Waals surface area contributed by atoms with E-state index in [1.807, 2.05) is 19.9 Å². The lowest BCUT2D eigenvalue weighted by atomic mass is 10.3. The Hall–Kier alpha value is -0.450. The van der Waals surface area contributed by atoms with Gasteiger partial charge in [0.05, 0.1) is 24.7 Å². The van der Waals surface area contributed by atoms with Gasteiger partial charge in [0.2, 0.25) is 0 Å². The molecule has 0 aromatic carbocycles. The monoisotopic (exact) mass is 230 g/mol. The molecular weight excluding hydrogens is 212 g/mol. The van der Waals surface area contributed by atoms with Crippen molar-refractivity contribution < 1.29 is 14.3 Å². The average molecular weight is 230 g/mol. The van der Waals surface area contributed by atoms with E-state index in [0.29, 0.717) is 19.0 Å². The van der Waals surface area contributed by atoms with Crippen LogP contribution in [0.3, 0.4) is 0 Å². The lowest BCUT2D eigenvalue weighted by molar-refractivity contribution is 0.0551. The smallest absolute Gasteiger partial charge is 0.116 e. The van der Waals surface area contributed by atoms with Crippen LogP contribution in [0.5, 0.6) is 0 Å². The summed E-state index contributed by atoms with van der Waals surface area (Å²) in [5.41, 5.74) is 1.17. The van der Waals surface area contributed by atoms with Crippen LogP contribution in [0.15, 0.2) is 16.7 Å². The average Bonchev–Trinajstić information content (AvgIpc) is 2.61. The molecule has 15 heavy (non-hydrogen) atoms. The van der Waals surface area contributed by atoms with Crippen LogP contribution in [0, 0.1) is 6.92 Å². The normalized spacial score (nSPS) is 13.0. The van der Waals surface area contributed by atoms with Gasteiger partial charge in [-0.2, -0.15) is 11.8 Å². The van der Waals surface area contributed by atoms with Crippen molar-refractivity contribution >= 4 is 11.8 Å². The molecule has 0 aliphatic heterocycles. The molecule has 0 saturated carbocycles. The predicted octanol–water partition coefficient (Wildman–Crippen LogP) is 2.22. The number of aliphatic hydroxyl groups excluding tert-OH is 1. The number of thioether (sulfide) groups is 1. The molecule has 0 aliphatic carbocycles. The van der Waals surface area contributed by atoms with Crippen LogP contribution in [0.2, 0.25) is 0 Å². The van der Waals surface area contributed by atoms with Crippen LogP contribution in [0.25, 0.3) is 0 Å². The minimum absolute atomic E-state index is 0.384. The standard InChI is InChI=1S/C11H18O3S/c1-3-13-6-10(12)7-15-8-11-9(2)4-5-14-11/h4-5,10,12H,3,6-8H2,1-2H3. The Balaban J connectivity index is 2.13. The van der Waals surface area contributed by atoms with Crippen molar-refractivity contribution in [1.82, 2.24) is 0 Å². The van der Waals surface area contributed by atoms with Gasteiger partial charge < -0.3 is 14.3 Å². The van der Waals surface area contributed by atoms with Gasteiger partial charge in [-0.05, 0) is 25.5 Å². The van der Waals surface area contributed by atoms with Crippen LogP contribution in [0.1, 0.15) is 18.2 Å². The lowest BCUT2D eigenvalue weighted by Gasteiger charge is -2.09. The molecule has 1 N–H and O–H groups in total. The molecule has 1 rings (SSSR count). The summed E-state index contributed by atoms with van der Waals surface area (Å²) in [5, 5.41) is 9.50. The van der Waals surface area contributed by atoms with Crippen LogP contribution in [-0.2, 0) is 10.5 Å². The number of ether oxygens (including phenoxy) is 1. The third-order valence-electron chi connectivity index (χ3n) is 2.03. The minimum Gasteiger partial charge on any atom is -0.468 e. The fraction of sp³-hybridized carbons (Fsp3) is 0.636. The summed E-state index contributed by atoms with van der Waals surface area (Å²) in [6.07, 6.45) is 1.31. The van der Waals surface area contributed by atoms with E-state index in [9.17, 15) is 5.11 Å². The van der Waals surface area contributed by atoms with Gasteiger partial charge >= 0.3 is 0 Å². The van der Waals surface area contributed by atoms with Crippen LogP contribution >= 0.6 is 11.8 Å². The second kappa shape index (κ2) is 6.93. The summed E-state index contributed by atoms with van der Waals surface area (Å²) in [5.74, 6) is 2.48. The van der Waals surface area contributed by atoms with Crippen molar-refractivity contribution in [3.8, 4) is 0 Å². The molecule has 1 aromatic rings. The SMILES string of the molecule is CCOCC(O)CSCc1occc1C. The lowest BCUT2D eigenvalue weighted by Crippen LogP contribution is -2.17. The molecule has 1 atom stereocenters. The minimum atomic E-state index is -0.384. The maximum absolute atomic E-state index is 9.50. The van der Waals surface area contributed by atoms with Crippen LogP contribution in [-0.4, -0.2) is 30.2 Å². The number of aliphatic hydroxyl groups is 1. The summed E-state index contributed by atoms with van der Waals surface area (Å²) in [7, 11) is 0. The molecule has 1 aromatic heterocycles. The second-order valence-corrected chi connectivity index (χ2v) is 4.39. The zero-order valence-corrected chi connectivity index (χ0v) is 10.0. The number of furan rings is 1. The zero-order valence-electron chi connectivity index (χ0n) is 9.23. The Bertz CT molecular complexity index is 273. The first-order valence-corrected chi connectivity index (χ1v) is 6.26. The zero-order chi connectivity index (χ0) is 11.1. The van der Waals surface area contributed by atoms with Gasteiger partial charge in [-0.15, -0.1) is 0 Å². The molecule has 0 bridgehead atoms. The van der Waals surface area contributed by atoms with Crippen LogP contribution in [0.4, 0.5) is 0 Å². The Morgan fingerprint density at radius 3 is 3.00 bits per heavy atom. The first kappa shape index (κ1) is 12.6. The highest BCUT2D eigenvalue weighted by Crippen LogP contribution is 2.17. The Kier molecular flexibility index (Phi) is 5.83. The maximum Gasteiger partial charge on any atom is 0.116 e. The van der Waals surface area contributed by atoms with Gasteiger partial charge in [-0.1, -0.05) is 0 Å². The van der Waals surface area contributed by atoms with Crippen molar-refractivity contribution in [2.75, 3.05) is 19.0 Å². The molecule has 86 valence electrons. The van der Waals surface area contributed by atoms with Gasteiger partial charge in [0.1, 0.15) is 5.76 Å². The summed E-state index contributed by atoms with van der Waals surface area (Å²) in [6, 6.07) is 1.95. The molecule has 1 unspecified atom stereocenters. The molecule has 0 fully saturated rings. The van der Waals surface area contributed by atoms with E-state index in [4.69, 9.17) is 9.15 Å². The quantitative estimate of drug-likeness (QED) is 0.780. The highest BCUT2D eigenvalue weighted by atomic mass is 32.2. The molecule has 4 heteroatoms. The summed E-state index contributed by atoms with van der Waals surface area (Å²) < 4.78 is 10.4. The molecule has 0 amide bonds. The third kappa shape index (κ3) is 4.73. The van der Waals surface area contributed by atoms with E-state index in [1.54, 1.807) is 18.0 Å². The van der Waals surface area contributed by atoms with E-state index in [1.165, 1.54) is 5.56 Å². The van der Waals surface area contributed by atoms with E-state index < -0.39 is 0 Å². The molecule has 0 aliphatic rings. The fourth-order valence-corrected chi connectivity index (χ4v) is 2.11. The largest absolute Gasteiger partial charge is 0.468 e. The van der Waals surface area contributed by atoms with Gasteiger partial charge in [0.15, 0.2) is 0 Å². The Morgan fingerprint density at radius 1 is 1.60 bits per heavy atom. The van der Waals surface area contributed by atoms with Gasteiger partial charge in [-0.25, -0.2) is 0 Å². The molecular formula is C11H18O3S. The van der Waals surface area contributed by atoms with Crippen molar-refractivity contribution in [2.45, 2.75) is 25.7 Å². The molecule has 0 radical (unpaired) electrons. The van der Waals surface area contributed by atoms with Crippen molar-refractivity contribution in [1.29, 1.82) is 0 Å². The van der Waals surface area contributed by atoms with E-state index >= 15 is 0 Å². The Labute approximate surface area is 94.8 Å². The topological polar surface area (TPSA) is 42.6 Å². The van der Waals surface area contributed by atoms with Gasteiger partial charge in [0.25, 0.3) is 0 Å². The number of hydrogen-bond acceptors (Lipinski definition) is 4. The summed E-state index contributed by atoms with van der Waals surface area (Å²) in [4.78, 5) is 0. The highest BCUT2D eigenvalue weighted by molar-refractivity contribution is 7.98. The van der Waals surface area contributed by atoms with Gasteiger partial charge in [-0.3, -0.25) is 0 Å². The van der Waals surface area contributed by atoms with E-state index in [-0.39, 0.29) is 6.10 Å². The summed E-state index contributed by atoms with van der Waals surface area (Å²) >= 11 is 1.66. The predicted molar refractivity (Wildman–Crippen MR) is 62.1 cm³/mol. The number of hydrogen-bond donors (Lipinski definition) is 1. The number of aryl methyl sites for hydroxylation is 1. The van der Waals surface area contributed by atoms with Crippen molar-refractivity contribution in [2.24, 2.45) is 0 Å². The van der Waals surface area contributed by atoms with E-state index in [0.717, 1.165) is 11.5 Å². The molecule has 0 spiro atoms. The fourth-order valence-electron chi connectivity index (χ4n) is 1.14. The maximum atomic E-state index is 9.50. The summed E-state index contributed by atoms with van der Waals surface area (Å²) in [6.45, 7) is 5.02. The molecule has 3 nitrogen and oxygen atoms in total. The third-order valence-corrected chi connectivity index (χ3v) is 3.11. The first-order valence-electron chi connectivity index (χ1n) is 5.10. The highest BCUT2D eigenvalue weighted by Gasteiger charge is 2.06. The van der Waals surface area contributed by atoms with Crippen molar-refractivity contribution in [3.05, 3.63) is 23.7 Å². The molecule has 1 heterocycles.